The van der Waals surface area contributed by atoms with Gasteiger partial charge in [-0.3, -0.25) is 4.79 Å². The molecule has 3 heteroatoms. The summed E-state index contributed by atoms with van der Waals surface area (Å²) in [5, 5.41) is 0. The number of benzene rings is 1. The summed E-state index contributed by atoms with van der Waals surface area (Å²) in [6, 6.07) is 10.2. The SMILES string of the molecule is CCC(C)c1ccc(-c2ccnc(C(C)=O)n2)cc1. The zero-order valence-corrected chi connectivity index (χ0v) is 11.6. The lowest BCUT2D eigenvalue weighted by Crippen LogP contribution is -2.01. The molecule has 0 fully saturated rings. The van der Waals surface area contributed by atoms with Crippen LogP contribution in [0.3, 0.4) is 0 Å². The second kappa shape index (κ2) is 5.74. The van der Waals surface area contributed by atoms with E-state index in [1.165, 1.54) is 12.5 Å². The van der Waals surface area contributed by atoms with Gasteiger partial charge in [-0.05, 0) is 24.0 Å². The van der Waals surface area contributed by atoms with Crippen molar-refractivity contribution in [1.82, 2.24) is 9.97 Å². The van der Waals surface area contributed by atoms with Gasteiger partial charge in [-0.2, -0.15) is 0 Å². The smallest absolute Gasteiger partial charge is 0.196 e. The van der Waals surface area contributed by atoms with Gasteiger partial charge in [0.05, 0.1) is 5.69 Å². The van der Waals surface area contributed by atoms with Crippen LogP contribution in [0.1, 0.15) is 49.3 Å². The van der Waals surface area contributed by atoms with Crippen LogP contribution < -0.4 is 0 Å². The third kappa shape index (κ3) is 3.05. The molecule has 0 radical (unpaired) electrons. The second-order valence-electron chi connectivity index (χ2n) is 4.75. The summed E-state index contributed by atoms with van der Waals surface area (Å²) in [5.74, 6) is 0.716. The summed E-state index contributed by atoms with van der Waals surface area (Å²) in [6.45, 7) is 5.88. The molecule has 0 aliphatic carbocycles. The van der Waals surface area contributed by atoms with E-state index in [-0.39, 0.29) is 11.6 Å². The van der Waals surface area contributed by atoms with Crippen molar-refractivity contribution < 1.29 is 4.79 Å². The predicted octanol–water partition coefficient (Wildman–Crippen LogP) is 3.86. The van der Waals surface area contributed by atoms with Crippen LogP contribution in [0.5, 0.6) is 0 Å². The quantitative estimate of drug-likeness (QED) is 0.778. The van der Waals surface area contributed by atoms with E-state index in [9.17, 15) is 4.79 Å². The van der Waals surface area contributed by atoms with Gasteiger partial charge in [0, 0.05) is 18.7 Å². The van der Waals surface area contributed by atoms with Gasteiger partial charge in [-0.25, -0.2) is 9.97 Å². The molecule has 1 atom stereocenters. The fourth-order valence-electron chi connectivity index (χ4n) is 1.91. The summed E-state index contributed by atoms with van der Waals surface area (Å²) in [6.07, 6.45) is 2.75. The highest BCUT2D eigenvalue weighted by Crippen LogP contribution is 2.23. The number of ketones is 1. The highest BCUT2D eigenvalue weighted by Gasteiger charge is 2.07. The van der Waals surface area contributed by atoms with Crippen molar-refractivity contribution in [2.75, 3.05) is 0 Å². The van der Waals surface area contributed by atoms with Crippen molar-refractivity contribution in [1.29, 1.82) is 0 Å². The highest BCUT2D eigenvalue weighted by atomic mass is 16.1. The topological polar surface area (TPSA) is 42.9 Å². The Morgan fingerprint density at radius 1 is 1.21 bits per heavy atom. The van der Waals surface area contributed by atoms with Crippen molar-refractivity contribution in [3.05, 3.63) is 47.9 Å². The molecule has 1 aromatic carbocycles. The van der Waals surface area contributed by atoms with E-state index in [4.69, 9.17) is 0 Å². The molecule has 0 spiro atoms. The standard InChI is InChI=1S/C16H18N2O/c1-4-11(2)13-5-7-14(8-6-13)15-9-10-17-16(18-15)12(3)19/h5-11H,4H2,1-3H3. The lowest BCUT2D eigenvalue weighted by molar-refractivity contribution is 0.100. The number of rotatable bonds is 4. The number of nitrogens with zero attached hydrogens (tertiary/aromatic N) is 2. The van der Waals surface area contributed by atoms with Crippen LogP contribution in [0.15, 0.2) is 36.5 Å². The molecule has 0 saturated carbocycles. The minimum Gasteiger partial charge on any atom is -0.291 e. The minimum atomic E-state index is -0.113. The zero-order valence-electron chi connectivity index (χ0n) is 11.6. The Hall–Kier alpha value is -2.03. The number of carbonyl (C=O) groups is 1. The van der Waals surface area contributed by atoms with Crippen LogP contribution in [0.2, 0.25) is 0 Å². The summed E-state index contributed by atoms with van der Waals surface area (Å²) >= 11 is 0. The molecule has 0 aliphatic rings. The van der Waals surface area contributed by atoms with Gasteiger partial charge in [0.15, 0.2) is 11.6 Å². The molecule has 1 aromatic heterocycles. The first-order valence-electron chi connectivity index (χ1n) is 6.56. The van der Waals surface area contributed by atoms with Crippen molar-refractivity contribution in [2.24, 2.45) is 0 Å². The number of carbonyl (C=O) groups excluding carboxylic acids is 1. The van der Waals surface area contributed by atoms with Gasteiger partial charge < -0.3 is 0 Å². The first kappa shape index (κ1) is 13.4. The molecule has 2 aromatic rings. The molecular weight excluding hydrogens is 236 g/mol. The summed E-state index contributed by atoms with van der Waals surface area (Å²) < 4.78 is 0. The number of hydrogen-bond acceptors (Lipinski definition) is 3. The maximum absolute atomic E-state index is 11.3. The van der Waals surface area contributed by atoms with E-state index < -0.39 is 0 Å². The summed E-state index contributed by atoms with van der Waals surface area (Å²) in [5.41, 5.74) is 3.12. The van der Waals surface area contributed by atoms with Crippen molar-refractivity contribution in [2.45, 2.75) is 33.1 Å². The third-order valence-electron chi connectivity index (χ3n) is 3.36. The van der Waals surface area contributed by atoms with E-state index >= 15 is 0 Å². The third-order valence-corrected chi connectivity index (χ3v) is 3.36. The maximum atomic E-state index is 11.3. The largest absolute Gasteiger partial charge is 0.291 e. The van der Waals surface area contributed by atoms with Gasteiger partial charge in [0.2, 0.25) is 0 Å². The first-order valence-corrected chi connectivity index (χ1v) is 6.56. The lowest BCUT2D eigenvalue weighted by atomic mass is 9.97. The van der Waals surface area contributed by atoms with E-state index in [0.717, 1.165) is 17.7 Å². The van der Waals surface area contributed by atoms with E-state index in [1.807, 2.05) is 18.2 Å². The van der Waals surface area contributed by atoms with Gasteiger partial charge in [0.1, 0.15) is 0 Å². The number of hydrogen-bond donors (Lipinski definition) is 0. The lowest BCUT2D eigenvalue weighted by Gasteiger charge is -2.09. The molecule has 0 N–H and O–H groups in total. The van der Waals surface area contributed by atoms with Crippen molar-refractivity contribution in [3.63, 3.8) is 0 Å². The predicted molar refractivity (Wildman–Crippen MR) is 76.2 cm³/mol. The Kier molecular flexibility index (Phi) is 4.05. The maximum Gasteiger partial charge on any atom is 0.196 e. The monoisotopic (exact) mass is 254 g/mol. The molecule has 3 nitrogen and oxygen atoms in total. The Balaban J connectivity index is 2.32. The van der Waals surface area contributed by atoms with Gasteiger partial charge in [-0.15, -0.1) is 0 Å². The minimum absolute atomic E-state index is 0.113. The second-order valence-corrected chi connectivity index (χ2v) is 4.75. The highest BCUT2D eigenvalue weighted by molar-refractivity contribution is 5.90. The number of aromatic nitrogens is 2. The van der Waals surface area contributed by atoms with Gasteiger partial charge >= 0.3 is 0 Å². The van der Waals surface area contributed by atoms with Crippen LogP contribution in [0, 0.1) is 0 Å². The fourth-order valence-corrected chi connectivity index (χ4v) is 1.91. The van der Waals surface area contributed by atoms with Crippen LogP contribution in [0.25, 0.3) is 11.3 Å². The zero-order chi connectivity index (χ0) is 13.8. The Bertz CT molecular complexity index is 576. The summed E-state index contributed by atoms with van der Waals surface area (Å²) in [4.78, 5) is 19.5. The fraction of sp³-hybridized carbons (Fsp3) is 0.312. The Morgan fingerprint density at radius 2 is 1.89 bits per heavy atom. The van der Waals surface area contributed by atoms with Crippen molar-refractivity contribution in [3.8, 4) is 11.3 Å². The molecule has 2 rings (SSSR count). The van der Waals surface area contributed by atoms with E-state index in [2.05, 4.69) is 35.9 Å². The average Bonchev–Trinajstić information content (AvgIpc) is 2.46. The average molecular weight is 254 g/mol. The van der Waals surface area contributed by atoms with Crippen molar-refractivity contribution >= 4 is 5.78 Å². The molecule has 0 amide bonds. The molecule has 98 valence electrons. The van der Waals surface area contributed by atoms with Crippen LogP contribution in [-0.2, 0) is 0 Å². The van der Waals surface area contributed by atoms with Crippen LogP contribution >= 0.6 is 0 Å². The Morgan fingerprint density at radius 3 is 2.47 bits per heavy atom. The number of Topliss-reactive ketones (excluding diaryl/α,β-unsaturated/α-hetero) is 1. The normalized spacial score (nSPS) is 12.2. The van der Waals surface area contributed by atoms with Crippen LogP contribution in [-0.4, -0.2) is 15.8 Å². The molecule has 1 unspecified atom stereocenters. The molecular formula is C16H18N2O. The Labute approximate surface area is 113 Å². The molecule has 0 bridgehead atoms. The van der Waals surface area contributed by atoms with E-state index in [1.54, 1.807) is 6.20 Å². The molecule has 0 saturated heterocycles. The first-order chi connectivity index (χ1) is 9.11. The molecule has 1 heterocycles. The van der Waals surface area contributed by atoms with Gasteiger partial charge in [0.25, 0.3) is 0 Å². The summed E-state index contributed by atoms with van der Waals surface area (Å²) in [7, 11) is 0. The van der Waals surface area contributed by atoms with Crippen LogP contribution in [0.4, 0.5) is 0 Å². The van der Waals surface area contributed by atoms with Gasteiger partial charge in [-0.1, -0.05) is 38.1 Å². The molecule has 19 heavy (non-hydrogen) atoms. The molecule has 0 aliphatic heterocycles. The van der Waals surface area contributed by atoms with E-state index in [0.29, 0.717) is 5.92 Å².